The Balaban J connectivity index is 1.73. The zero-order chi connectivity index (χ0) is 14.3. The van der Waals surface area contributed by atoms with Gasteiger partial charge in [-0.25, -0.2) is 0 Å². The first-order valence-corrected chi connectivity index (χ1v) is 6.96. The van der Waals surface area contributed by atoms with Gasteiger partial charge >= 0.3 is 0 Å². The fraction of sp³-hybridized carbons (Fsp3) is 0.0476. The first-order valence-electron chi connectivity index (χ1n) is 6.96. The zero-order valence-corrected chi connectivity index (χ0v) is 11.6. The molecule has 0 atom stereocenters. The van der Waals surface area contributed by atoms with E-state index in [0.717, 1.165) is 28.7 Å². The van der Waals surface area contributed by atoms with E-state index in [4.69, 9.17) is 0 Å². The molecule has 21 heavy (non-hydrogen) atoms. The third-order valence-corrected chi connectivity index (χ3v) is 3.13. The van der Waals surface area contributed by atoms with E-state index < -0.39 is 0 Å². The average molecular weight is 266 g/mol. The maximum Gasteiger partial charge on any atom is 0.0249 e. The highest BCUT2D eigenvalue weighted by molar-refractivity contribution is 5.49. The Labute approximate surface area is 125 Å². The number of hydrogen-bond acceptors (Lipinski definition) is 0. The van der Waals surface area contributed by atoms with Crippen molar-refractivity contribution in [2.75, 3.05) is 0 Å². The van der Waals surface area contributed by atoms with Gasteiger partial charge in [0.1, 0.15) is 0 Å². The molecule has 0 heterocycles. The van der Waals surface area contributed by atoms with E-state index in [9.17, 15) is 0 Å². The zero-order valence-electron chi connectivity index (χ0n) is 11.6. The van der Waals surface area contributed by atoms with Gasteiger partial charge in [-0.15, -0.1) is 0 Å². The molecule has 0 nitrogen and oxygen atoms in total. The van der Waals surface area contributed by atoms with Crippen LogP contribution in [0.4, 0.5) is 0 Å². The molecule has 0 saturated carbocycles. The lowest BCUT2D eigenvalue weighted by Gasteiger charge is -1.92. The van der Waals surface area contributed by atoms with Crippen molar-refractivity contribution in [3.63, 3.8) is 0 Å². The Morgan fingerprint density at radius 3 is 1.76 bits per heavy atom. The van der Waals surface area contributed by atoms with Crippen LogP contribution < -0.4 is 0 Å². The Hall–Kier alpha value is -2.96. The lowest BCUT2D eigenvalue weighted by Crippen LogP contribution is -1.78. The summed E-state index contributed by atoms with van der Waals surface area (Å²) in [6, 6.07) is 18.1. The van der Waals surface area contributed by atoms with Crippen molar-refractivity contribution in [2.24, 2.45) is 0 Å². The monoisotopic (exact) mass is 266 g/mol. The van der Waals surface area contributed by atoms with E-state index in [1.165, 1.54) is 0 Å². The molecule has 0 unspecified atom stereocenters. The third kappa shape index (κ3) is 3.75. The van der Waals surface area contributed by atoms with Crippen LogP contribution in [0.25, 0.3) is 0 Å². The van der Waals surface area contributed by atoms with Crippen molar-refractivity contribution in [3.8, 4) is 23.7 Å². The van der Waals surface area contributed by atoms with Crippen LogP contribution in [0.1, 0.15) is 23.1 Å². The molecule has 0 saturated heterocycles. The van der Waals surface area contributed by atoms with Crippen LogP contribution in [0.3, 0.4) is 0 Å². The van der Waals surface area contributed by atoms with Crippen LogP contribution in [0.5, 0.6) is 0 Å². The first kappa shape index (κ1) is 13.0. The molecule has 0 aliphatic heterocycles. The van der Waals surface area contributed by atoms with E-state index in [2.05, 4.69) is 41.9 Å². The standard InChI is InChI=1S/C21H14/c1-2-6-18(7-3-1)10-12-20-14-16-21(17-15-20)13-11-19-8-4-5-9-19/h1-4,6-9,14-17H,5H2. The predicted octanol–water partition coefficient (Wildman–Crippen LogP) is 4.32. The minimum Gasteiger partial charge on any atom is -0.0795 e. The summed E-state index contributed by atoms with van der Waals surface area (Å²) in [5.74, 6) is 12.7. The summed E-state index contributed by atoms with van der Waals surface area (Å²) in [6.45, 7) is 0. The SMILES string of the molecule is C(#Cc1ccc(C#Cc2ccccc2)cc1)C1=CCC=C1. The van der Waals surface area contributed by atoms with E-state index in [1.807, 2.05) is 54.6 Å². The van der Waals surface area contributed by atoms with Gasteiger partial charge in [-0.3, -0.25) is 0 Å². The van der Waals surface area contributed by atoms with Crippen molar-refractivity contribution in [2.45, 2.75) is 6.42 Å². The summed E-state index contributed by atoms with van der Waals surface area (Å²) in [5.41, 5.74) is 4.15. The summed E-state index contributed by atoms with van der Waals surface area (Å²) in [7, 11) is 0. The van der Waals surface area contributed by atoms with Gasteiger partial charge in [-0.05, 0) is 42.8 Å². The van der Waals surface area contributed by atoms with E-state index in [-0.39, 0.29) is 0 Å². The predicted molar refractivity (Wildman–Crippen MR) is 87.6 cm³/mol. The molecule has 0 bridgehead atoms. The molecule has 0 N–H and O–H groups in total. The molecule has 2 aromatic carbocycles. The maximum atomic E-state index is 3.17. The summed E-state index contributed by atoms with van der Waals surface area (Å²) in [6.07, 6.45) is 7.31. The Morgan fingerprint density at radius 2 is 1.19 bits per heavy atom. The third-order valence-electron chi connectivity index (χ3n) is 3.13. The second kappa shape index (κ2) is 6.47. The fourth-order valence-corrected chi connectivity index (χ4v) is 2.00. The lowest BCUT2D eigenvalue weighted by atomic mass is 10.1. The Bertz CT molecular complexity index is 796. The molecule has 1 aliphatic rings. The molecule has 0 spiro atoms. The van der Waals surface area contributed by atoms with Crippen LogP contribution in [-0.4, -0.2) is 0 Å². The highest BCUT2D eigenvalue weighted by atomic mass is 14.0. The molecular formula is C21H14. The van der Waals surface area contributed by atoms with Gasteiger partial charge in [0, 0.05) is 22.3 Å². The van der Waals surface area contributed by atoms with Gasteiger partial charge in [0.15, 0.2) is 0 Å². The molecule has 0 amide bonds. The summed E-state index contributed by atoms with van der Waals surface area (Å²) >= 11 is 0. The van der Waals surface area contributed by atoms with E-state index in [1.54, 1.807) is 0 Å². The van der Waals surface area contributed by atoms with Crippen LogP contribution in [0, 0.1) is 23.7 Å². The first-order chi connectivity index (χ1) is 10.4. The molecule has 0 heteroatoms. The van der Waals surface area contributed by atoms with Crippen LogP contribution in [-0.2, 0) is 0 Å². The van der Waals surface area contributed by atoms with Crippen molar-refractivity contribution < 1.29 is 0 Å². The highest BCUT2D eigenvalue weighted by Gasteiger charge is 1.92. The van der Waals surface area contributed by atoms with Gasteiger partial charge in [0.2, 0.25) is 0 Å². The molecular weight excluding hydrogens is 252 g/mol. The number of benzene rings is 2. The quantitative estimate of drug-likeness (QED) is 0.623. The number of rotatable bonds is 0. The van der Waals surface area contributed by atoms with Gasteiger partial charge in [-0.2, -0.15) is 0 Å². The molecule has 0 fully saturated rings. The van der Waals surface area contributed by atoms with Crippen LogP contribution >= 0.6 is 0 Å². The van der Waals surface area contributed by atoms with Crippen molar-refractivity contribution in [1.29, 1.82) is 0 Å². The molecule has 0 radical (unpaired) electrons. The Morgan fingerprint density at radius 1 is 0.619 bits per heavy atom. The molecule has 0 aromatic heterocycles. The fourth-order valence-electron chi connectivity index (χ4n) is 2.00. The lowest BCUT2D eigenvalue weighted by molar-refractivity contribution is 1.44. The van der Waals surface area contributed by atoms with Crippen molar-refractivity contribution in [1.82, 2.24) is 0 Å². The van der Waals surface area contributed by atoms with Gasteiger partial charge in [0.05, 0.1) is 0 Å². The average Bonchev–Trinajstić information content (AvgIpc) is 3.06. The topological polar surface area (TPSA) is 0 Å². The largest absolute Gasteiger partial charge is 0.0795 e. The summed E-state index contributed by atoms with van der Waals surface area (Å²) in [4.78, 5) is 0. The minimum atomic E-state index is 0.998. The van der Waals surface area contributed by atoms with Crippen molar-refractivity contribution >= 4 is 0 Å². The van der Waals surface area contributed by atoms with Gasteiger partial charge in [-0.1, -0.05) is 60.1 Å². The molecule has 1 aliphatic carbocycles. The summed E-state index contributed by atoms with van der Waals surface area (Å²) < 4.78 is 0. The van der Waals surface area contributed by atoms with Crippen molar-refractivity contribution in [3.05, 3.63) is 95.1 Å². The minimum absolute atomic E-state index is 0.998. The normalized spacial score (nSPS) is 11.9. The second-order valence-electron chi connectivity index (χ2n) is 4.74. The molecule has 98 valence electrons. The van der Waals surface area contributed by atoms with Gasteiger partial charge < -0.3 is 0 Å². The molecule has 2 aromatic rings. The smallest absolute Gasteiger partial charge is 0.0249 e. The van der Waals surface area contributed by atoms with E-state index >= 15 is 0 Å². The maximum absolute atomic E-state index is 3.17. The van der Waals surface area contributed by atoms with E-state index in [0.29, 0.717) is 0 Å². The second-order valence-corrected chi connectivity index (χ2v) is 4.74. The number of allylic oxidation sites excluding steroid dienone is 4. The highest BCUT2D eigenvalue weighted by Crippen LogP contribution is 2.08. The van der Waals surface area contributed by atoms with Crippen LogP contribution in [0.15, 0.2) is 78.4 Å². The van der Waals surface area contributed by atoms with Gasteiger partial charge in [0.25, 0.3) is 0 Å². The molecule has 3 rings (SSSR count). The number of hydrogen-bond donors (Lipinski definition) is 0. The summed E-state index contributed by atoms with van der Waals surface area (Å²) in [5, 5.41) is 0. The Kier molecular flexibility index (Phi) is 4.02. The van der Waals surface area contributed by atoms with Crippen LogP contribution in [0.2, 0.25) is 0 Å².